The summed E-state index contributed by atoms with van der Waals surface area (Å²) < 4.78 is 19.3. The lowest BCUT2D eigenvalue weighted by molar-refractivity contribution is 0.0694. The van der Waals surface area contributed by atoms with Crippen LogP contribution in [0, 0.1) is 5.82 Å². The molecule has 0 aromatic heterocycles. The standard InChI is InChI=1S/C19H18FNO4/c1-11-9-15(17-13(18(22)23)7-8-14(20)16(11)17)21-19(24)25-10-12-5-3-2-4-6-12/h2-8,11,15H,9-10H2,1H3,(H,21,24)(H,22,23). The number of carboxylic acids is 1. The van der Waals surface area contributed by atoms with Crippen LogP contribution in [-0.2, 0) is 11.3 Å². The van der Waals surface area contributed by atoms with Gasteiger partial charge in [0, 0.05) is 0 Å². The van der Waals surface area contributed by atoms with Crippen molar-refractivity contribution in [1.29, 1.82) is 0 Å². The molecular weight excluding hydrogens is 325 g/mol. The van der Waals surface area contributed by atoms with E-state index in [1.54, 1.807) is 0 Å². The highest BCUT2D eigenvalue weighted by atomic mass is 19.1. The third kappa shape index (κ3) is 3.47. The molecule has 2 N–H and O–H groups in total. The summed E-state index contributed by atoms with van der Waals surface area (Å²) in [7, 11) is 0. The van der Waals surface area contributed by atoms with E-state index < -0.39 is 23.9 Å². The molecule has 25 heavy (non-hydrogen) atoms. The summed E-state index contributed by atoms with van der Waals surface area (Å²) in [6.45, 7) is 1.92. The van der Waals surface area contributed by atoms with E-state index in [9.17, 15) is 19.1 Å². The molecule has 5 nitrogen and oxygen atoms in total. The van der Waals surface area contributed by atoms with Crippen molar-refractivity contribution in [2.45, 2.75) is 31.9 Å². The number of carbonyl (C=O) groups is 2. The maximum absolute atomic E-state index is 14.1. The fourth-order valence-corrected chi connectivity index (χ4v) is 3.30. The van der Waals surface area contributed by atoms with E-state index in [-0.39, 0.29) is 18.1 Å². The second kappa shape index (κ2) is 6.93. The molecular formula is C19H18FNO4. The maximum atomic E-state index is 14.1. The molecule has 1 amide bonds. The van der Waals surface area contributed by atoms with Crippen molar-refractivity contribution >= 4 is 12.1 Å². The largest absolute Gasteiger partial charge is 0.478 e. The molecule has 2 atom stereocenters. The SMILES string of the molecule is CC1CC(NC(=O)OCc2ccccc2)c2c(C(=O)O)ccc(F)c21. The molecule has 0 radical (unpaired) electrons. The number of carbonyl (C=O) groups excluding carboxylic acids is 1. The van der Waals surface area contributed by atoms with E-state index in [0.29, 0.717) is 17.5 Å². The number of alkyl carbamates (subject to hydrolysis) is 1. The van der Waals surface area contributed by atoms with Crippen molar-refractivity contribution in [3.05, 3.63) is 70.5 Å². The first-order chi connectivity index (χ1) is 12.0. The minimum Gasteiger partial charge on any atom is -0.478 e. The van der Waals surface area contributed by atoms with E-state index in [4.69, 9.17) is 4.74 Å². The Labute approximate surface area is 144 Å². The topological polar surface area (TPSA) is 75.6 Å². The van der Waals surface area contributed by atoms with Crippen LogP contribution in [0.15, 0.2) is 42.5 Å². The van der Waals surface area contributed by atoms with Gasteiger partial charge in [0.05, 0.1) is 11.6 Å². The van der Waals surface area contributed by atoms with E-state index in [0.717, 1.165) is 11.6 Å². The Kier molecular flexibility index (Phi) is 4.70. The first kappa shape index (κ1) is 17.0. The van der Waals surface area contributed by atoms with E-state index >= 15 is 0 Å². The highest BCUT2D eigenvalue weighted by molar-refractivity contribution is 5.90. The van der Waals surface area contributed by atoms with Crippen molar-refractivity contribution in [2.24, 2.45) is 0 Å². The highest BCUT2D eigenvalue weighted by Gasteiger charge is 2.35. The molecule has 2 aromatic carbocycles. The summed E-state index contributed by atoms with van der Waals surface area (Å²) in [4.78, 5) is 23.5. The predicted molar refractivity (Wildman–Crippen MR) is 88.9 cm³/mol. The van der Waals surface area contributed by atoms with Gasteiger partial charge in [-0.05, 0) is 41.2 Å². The molecule has 0 aliphatic heterocycles. The number of hydrogen-bond acceptors (Lipinski definition) is 3. The lowest BCUT2D eigenvalue weighted by Gasteiger charge is -2.16. The number of fused-ring (bicyclic) bond motifs is 1. The van der Waals surface area contributed by atoms with Gasteiger partial charge in [0.1, 0.15) is 12.4 Å². The van der Waals surface area contributed by atoms with Crippen LogP contribution < -0.4 is 5.32 Å². The van der Waals surface area contributed by atoms with Crippen LogP contribution in [0.3, 0.4) is 0 Å². The fourth-order valence-electron chi connectivity index (χ4n) is 3.30. The van der Waals surface area contributed by atoms with Crippen molar-refractivity contribution in [3.63, 3.8) is 0 Å². The van der Waals surface area contributed by atoms with Gasteiger partial charge in [-0.1, -0.05) is 37.3 Å². The molecule has 0 fully saturated rings. The number of hydrogen-bond donors (Lipinski definition) is 2. The second-order valence-electron chi connectivity index (χ2n) is 6.12. The molecule has 6 heteroatoms. The molecule has 3 rings (SSSR count). The Morgan fingerprint density at radius 3 is 2.60 bits per heavy atom. The molecule has 0 saturated heterocycles. The van der Waals surface area contributed by atoms with Crippen LogP contribution in [0.4, 0.5) is 9.18 Å². The Bertz CT molecular complexity index is 807. The number of aromatic carboxylic acids is 1. The fraction of sp³-hybridized carbons (Fsp3) is 0.263. The van der Waals surface area contributed by atoms with Gasteiger partial charge in [0.2, 0.25) is 0 Å². The number of rotatable bonds is 4. The Hall–Kier alpha value is -2.89. The van der Waals surface area contributed by atoms with Crippen LogP contribution in [0.1, 0.15) is 52.4 Å². The average molecular weight is 343 g/mol. The zero-order valence-corrected chi connectivity index (χ0v) is 13.7. The number of ether oxygens (including phenoxy) is 1. The molecule has 1 aliphatic rings. The zero-order chi connectivity index (χ0) is 18.0. The van der Waals surface area contributed by atoms with E-state index in [1.807, 2.05) is 37.3 Å². The predicted octanol–water partition coefficient (Wildman–Crippen LogP) is 4.00. The first-order valence-electron chi connectivity index (χ1n) is 8.00. The van der Waals surface area contributed by atoms with Gasteiger partial charge in [0.15, 0.2) is 0 Å². The van der Waals surface area contributed by atoms with Crippen molar-refractivity contribution in [2.75, 3.05) is 0 Å². The zero-order valence-electron chi connectivity index (χ0n) is 13.7. The van der Waals surface area contributed by atoms with E-state index in [1.165, 1.54) is 6.07 Å². The van der Waals surface area contributed by atoms with Crippen molar-refractivity contribution in [3.8, 4) is 0 Å². The second-order valence-corrected chi connectivity index (χ2v) is 6.12. The number of nitrogens with one attached hydrogen (secondary N) is 1. The van der Waals surface area contributed by atoms with Gasteiger partial charge in [-0.3, -0.25) is 0 Å². The summed E-state index contributed by atoms with van der Waals surface area (Å²) in [5.41, 5.74) is 1.54. The molecule has 2 unspecified atom stereocenters. The van der Waals surface area contributed by atoms with Crippen LogP contribution in [0.25, 0.3) is 0 Å². The highest BCUT2D eigenvalue weighted by Crippen LogP contribution is 2.43. The normalized spacial score (nSPS) is 18.5. The minimum atomic E-state index is -1.14. The molecule has 2 aromatic rings. The third-order valence-corrected chi connectivity index (χ3v) is 4.40. The molecule has 0 bridgehead atoms. The number of benzene rings is 2. The average Bonchev–Trinajstić information content (AvgIpc) is 2.91. The van der Waals surface area contributed by atoms with Gasteiger partial charge in [0.25, 0.3) is 0 Å². The third-order valence-electron chi connectivity index (χ3n) is 4.40. The van der Waals surface area contributed by atoms with Gasteiger partial charge in [-0.2, -0.15) is 0 Å². The minimum absolute atomic E-state index is 0.00843. The van der Waals surface area contributed by atoms with Gasteiger partial charge < -0.3 is 15.2 Å². The molecule has 0 heterocycles. The van der Waals surface area contributed by atoms with Crippen molar-refractivity contribution in [1.82, 2.24) is 5.32 Å². The summed E-state index contributed by atoms with van der Waals surface area (Å²) >= 11 is 0. The Morgan fingerprint density at radius 2 is 1.92 bits per heavy atom. The van der Waals surface area contributed by atoms with Crippen LogP contribution in [0.5, 0.6) is 0 Å². The lowest BCUT2D eigenvalue weighted by atomic mass is 9.98. The summed E-state index contributed by atoms with van der Waals surface area (Å²) in [5.74, 6) is -1.78. The maximum Gasteiger partial charge on any atom is 0.407 e. The molecule has 0 spiro atoms. The Balaban J connectivity index is 1.76. The molecule has 0 saturated carbocycles. The van der Waals surface area contributed by atoms with Crippen molar-refractivity contribution < 1.29 is 23.8 Å². The van der Waals surface area contributed by atoms with E-state index in [2.05, 4.69) is 5.32 Å². The smallest absolute Gasteiger partial charge is 0.407 e. The summed E-state index contributed by atoms with van der Waals surface area (Å²) in [6, 6.07) is 11.0. The monoisotopic (exact) mass is 343 g/mol. The number of carboxylic acid groups (broad SMARTS) is 1. The number of amides is 1. The van der Waals surface area contributed by atoms with Crippen LogP contribution >= 0.6 is 0 Å². The van der Waals surface area contributed by atoms with Crippen LogP contribution in [-0.4, -0.2) is 17.2 Å². The molecule has 130 valence electrons. The Morgan fingerprint density at radius 1 is 1.20 bits per heavy atom. The van der Waals surface area contributed by atoms with Gasteiger partial charge >= 0.3 is 12.1 Å². The first-order valence-corrected chi connectivity index (χ1v) is 8.00. The van der Waals surface area contributed by atoms with Gasteiger partial charge in [-0.15, -0.1) is 0 Å². The summed E-state index contributed by atoms with van der Waals surface area (Å²) in [5, 5.41) is 12.0. The number of halogens is 1. The molecule has 1 aliphatic carbocycles. The van der Waals surface area contributed by atoms with Crippen LogP contribution in [0.2, 0.25) is 0 Å². The van der Waals surface area contributed by atoms with Gasteiger partial charge in [-0.25, -0.2) is 14.0 Å². The summed E-state index contributed by atoms with van der Waals surface area (Å²) in [6.07, 6.45) is -0.230. The lowest BCUT2D eigenvalue weighted by Crippen LogP contribution is -2.28. The quantitative estimate of drug-likeness (QED) is 0.880.